The summed E-state index contributed by atoms with van der Waals surface area (Å²) in [5.41, 5.74) is 7.96. The monoisotopic (exact) mass is 231 g/mol. The summed E-state index contributed by atoms with van der Waals surface area (Å²) in [6, 6.07) is 8.42. The van der Waals surface area contributed by atoms with Crippen LogP contribution in [0.4, 0.5) is 0 Å². The maximum atomic E-state index is 5.48. The number of aryl methyl sites for hydroxylation is 2. The first kappa shape index (κ1) is 11.7. The lowest BCUT2D eigenvalue weighted by Crippen LogP contribution is -2.10. The van der Waals surface area contributed by atoms with Gasteiger partial charge >= 0.3 is 0 Å². The van der Waals surface area contributed by atoms with Crippen molar-refractivity contribution in [1.82, 2.24) is 20.2 Å². The molecule has 0 unspecified atom stereocenters. The number of benzene rings is 1. The van der Waals surface area contributed by atoms with Crippen molar-refractivity contribution < 1.29 is 0 Å². The van der Waals surface area contributed by atoms with Gasteiger partial charge < -0.3 is 5.73 Å². The molecule has 0 aliphatic heterocycles. The highest BCUT2D eigenvalue weighted by molar-refractivity contribution is 5.23. The van der Waals surface area contributed by atoms with Crippen molar-refractivity contribution in [3.63, 3.8) is 0 Å². The van der Waals surface area contributed by atoms with Crippen LogP contribution in [0, 0.1) is 6.92 Å². The van der Waals surface area contributed by atoms with Crippen molar-refractivity contribution in [2.75, 3.05) is 6.54 Å². The molecule has 1 heterocycles. The number of tetrazole rings is 1. The molecule has 0 saturated carbocycles. The average molecular weight is 231 g/mol. The molecule has 2 N–H and O–H groups in total. The van der Waals surface area contributed by atoms with Gasteiger partial charge in [0.1, 0.15) is 0 Å². The number of rotatable bonds is 5. The van der Waals surface area contributed by atoms with E-state index >= 15 is 0 Å². The summed E-state index contributed by atoms with van der Waals surface area (Å²) in [5.74, 6) is 0.891. The Morgan fingerprint density at radius 3 is 2.71 bits per heavy atom. The van der Waals surface area contributed by atoms with Gasteiger partial charge in [-0.15, -0.1) is 5.10 Å². The zero-order valence-corrected chi connectivity index (χ0v) is 10.0. The van der Waals surface area contributed by atoms with Crippen LogP contribution in [0.1, 0.15) is 23.4 Å². The van der Waals surface area contributed by atoms with Gasteiger partial charge in [-0.3, -0.25) is 0 Å². The topological polar surface area (TPSA) is 69.6 Å². The predicted molar refractivity (Wildman–Crippen MR) is 65.5 cm³/mol. The molecule has 5 heteroatoms. The molecule has 0 aliphatic carbocycles. The summed E-state index contributed by atoms with van der Waals surface area (Å²) in [6.45, 7) is 3.52. The largest absolute Gasteiger partial charge is 0.330 e. The van der Waals surface area contributed by atoms with Gasteiger partial charge in [-0.2, -0.15) is 0 Å². The van der Waals surface area contributed by atoms with Crippen LogP contribution in [0.15, 0.2) is 24.3 Å². The van der Waals surface area contributed by atoms with E-state index in [1.165, 1.54) is 11.1 Å². The van der Waals surface area contributed by atoms with Gasteiger partial charge in [0.2, 0.25) is 0 Å². The molecule has 0 saturated heterocycles. The van der Waals surface area contributed by atoms with E-state index in [1.54, 1.807) is 0 Å². The third-order valence-corrected chi connectivity index (χ3v) is 2.66. The fraction of sp³-hybridized carbons (Fsp3) is 0.417. The first-order chi connectivity index (χ1) is 8.29. The summed E-state index contributed by atoms with van der Waals surface area (Å²) >= 11 is 0. The Morgan fingerprint density at radius 1 is 1.24 bits per heavy atom. The summed E-state index contributed by atoms with van der Waals surface area (Å²) in [4.78, 5) is 0. The second-order valence-corrected chi connectivity index (χ2v) is 4.12. The average Bonchev–Trinajstić information content (AvgIpc) is 2.77. The van der Waals surface area contributed by atoms with Gasteiger partial charge in [-0.1, -0.05) is 29.8 Å². The number of hydrogen-bond acceptors (Lipinski definition) is 4. The number of hydrogen-bond donors (Lipinski definition) is 1. The van der Waals surface area contributed by atoms with Gasteiger partial charge in [-0.25, -0.2) is 4.68 Å². The molecule has 0 amide bonds. The molecule has 2 aromatic rings. The standard InChI is InChI=1S/C12H17N5/c1-10-3-5-11(6-4-10)9-12-14-15-16-17(12)8-2-7-13/h3-6H,2,7-9,13H2,1H3. The molecule has 2 rings (SSSR count). The SMILES string of the molecule is Cc1ccc(Cc2nnnn2CCCN)cc1. The van der Waals surface area contributed by atoms with E-state index < -0.39 is 0 Å². The van der Waals surface area contributed by atoms with Crippen LogP contribution in [0.3, 0.4) is 0 Å². The normalized spacial score (nSPS) is 10.7. The van der Waals surface area contributed by atoms with E-state index in [-0.39, 0.29) is 0 Å². The van der Waals surface area contributed by atoms with Crippen LogP contribution in [0.5, 0.6) is 0 Å². The Morgan fingerprint density at radius 2 is 2.00 bits per heavy atom. The van der Waals surface area contributed by atoms with E-state index in [0.717, 1.165) is 25.2 Å². The van der Waals surface area contributed by atoms with Crippen LogP contribution in [-0.2, 0) is 13.0 Å². The van der Waals surface area contributed by atoms with Crippen molar-refractivity contribution in [2.24, 2.45) is 5.73 Å². The zero-order valence-electron chi connectivity index (χ0n) is 10.0. The second kappa shape index (κ2) is 5.54. The maximum Gasteiger partial charge on any atom is 0.155 e. The molecule has 0 atom stereocenters. The summed E-state index contributed by atoms with van der Waals surface area (Å²) < 4.78 is 1.83. The molecule has 0 radical (unpaired) electrons. The molecule has 0 spiro atoms. The Balaban J connectivity index is 2.07. The molecular formula is C12H17N5. The van der Waals surface area contributed by atoms with Crippen LogP contribution in [-0.4, -0.2) is 26.8 Å². The van der Waals surface area contributed by atoms with Crippen molar-refractivity contribution in [2.45, 2.75) is 26.3 Å². The minimum atomic E-state index is 0.657. The highest BCUT2D eigenvalue weighted by Gasteiger charge is 2.06. The number of nitrogens with two attached hydrogens (primary N) is 1. The number of aromatic nitrogens is 4. The van der Waals surface area contributed by atoms with E-state index in [2.05, 4.69) is 46.7 Å². The predicted octanol–water partition coefficient (Wildman–Crippen LogP) is 0.921. The van der Waals surface area contributed by atoms with E-state index in [1.807, 2.05) is 4.68 Å². The van der Waals surface area contributed by atoms with Crippen LogP contribution in [0.25, 0.3) is 0 Å². The first-order valence-electron chi connectivity index (χ1n) is 5.80. The van der Waals surface area contributed by atoms with Crippen molar-refractivity contribution in [3.05, 3.63) is 41.2 Å². The van der Waals surface area contributed by atoms with E-state index in [4.69, 9.17) is 5.73 Å². The summed E-state index contributed by atoms with van der Waals surface area (Å²) in [5, 5.41) is 11.7. The second-order valence-electron chi connectivity index (χ2n) is 4.12. The molecule has 17 heavy (non-hydrogen) atoms. The van der Waals surface area contributed by atoms with Crippen molar-refractivity contribution >= 4 is 0 Å². The van der Waals surface area contributed by atoms with Gasteiger partial charge in [-0.05, 0) is 35.9 Å². The summed E-state index contributed by atoms with van der Waals surface area (Å²) in [7, 11) is 0. The molecule has 1 aromatic carbocycles. The molecule has 0 bridgehead atoms. The quantitative estimate of drug-likeness (QED) is 0.830. The van der Waals surface area contributed by atoms with Crippen LogP contribution >= 0.6 is 0 Å². The zero-order chi connectivity index (χ0) is 12.1. The molecule has 90 valence electrons. The Hall–Kier alpha value is -1.75. The molecular weight excluding hydrogens is 214 g/mol. The minimum absolute atomic E-state index is 0.657. The maximum absolute atomic E-state index is 5.48. The van der Waals surface area contributed by atoms with Gasteiger partial charge in [0, 0.05) is 13.0 Å². The van der Waals surface area contributed by atoms with Gasteiger partial charge in [0.05, 0.1) is 0 Å². The highest BCUT2D eigenvalue weighted by atomic mass is 15.5. The van der Waals surface area contributed by atoms with Gasteiger partial charge in [0.15, 0.2) is 5.82 Å². The smallest absolute Gasteiger partial charge is 0.155 e. The molecule has 0 aliphatic rings. The lowest BCUT2D eigenvalue weighted by atomic mass is 10.1. The highest BCUT2D eigenvalue weighted by Crippen LogP contribution is 2.08. The summed E-state index contributed by atoms with van der Waals surface area (Å²) in [6.07, 6.45) is 1.66. The molecule has 5 nitrogen and oxygen atoms in total. The van der Waals surface area contributed by atoms with Crippen molar-refractivity contribution in [1.29, 1.82) is 0 Å². The third kappa shape index (κ3) is 3.10. The van der Waals surface area contributed by atoms with Crippen molar-refractivity contribution in [3.8, 4) is 0 Å². The Labute approximate surface area is 101 Å². The molecule has 0 fully saturated rings. The fourth-order valence-corrected chi connectivity index (χ4v) is 1.65. The lowest BCUT2D eigenvalue weighted by molar-refractivity contribution is 0.547. The minimum Gasteiger partial charge on any atom is -0.330 e. The van der Waals surface area contributed by atoms with Crippen LogP contribution in [0.2, 0.25) is 0 Å². The third-order valence-electron chi connectivity index (χ3n) is 2.66. The molecule has 1 aromatic heterocycles. The van der Waals surface area contributed by atoms with Crippen LogP contribution < -0.4 is 5.73 Å². The van der Waals surface area contributed by atoms with E-state index in [0.29, 0.717) is 6.54 Å². The van der Waals surface area contributed by atoms with Gasteiger partial charge in [0.25, 0.3) is 0 Å². The van der Waals surface area contributed by atoms with E-state index in [9.17, 15) is 0 Å². The Kier molecular flexibility index (Phi) is 3.82. The fourth-order valence-electron chi connectivity index (χ4n) is 1.65. The Bertz CT molecular complexity index is 460. The lowest BCUT2D eigenvalue weighted by Gasteiger charge is -2.04. The first-order valence-corrected chi connectivity index (χ1v) is 5.80. The number of nitrogens with zero attached hydrogens (tertiary/aromatic N) is 4.